The molecule has 1 aromatic heterocycles. The highest BCUT2D eigenvalue weighted by Gasteiger charge is 2.25. The van der Waals surface area contributed by atoms with Crippen LogP contribution in [0.2, 0.25) is 0 Å². The molecule has 1 N–H and O–H groups in total. The Hall–Kier alpha value is -2.08. The summed E-state index contributed by atoms with van der Waals surface area (Å²) in [5.74, 6) is 0.392. The molecule has 2 aromatic rings. The highest BCUT2D eigenvalue weighted by molar-refractivity contribution is 7.99. The van der Waals surface area contributed by atoms with Crippen molar-refractivity contribution in [3.05, 3.63) is 51.4 Å². The fourth-order valence-electron chi connectivity index (χ4n) is 2.39. The van der Waals surface area contributed by atoms with Crippen LogP contribution in [-0.4, -0.2) is 27.1 Å². The number of H-pyrrole nitrogens is 1. The number of carbonyl (C=O) groups excluding carboxylic acids is 2. The van der Waals surface area contributed by atoms with Crippen LogP contribution in [0.15, 0.2) is 34.1 Å². The molecule has 1 aromatic carbocycles. The lowest BCUT2D eigenvalue weighted by atomic mass is 10.00. The molecule has 2 heterocycles. The predicted octanol–water partition coefficient (Wildman–Crippen LogP) is 2.11. The van der Waals surface area contributed by atoms with E-state index in [1.807, 2.05) is 6.92 Å². The third-order valence-corrected chi connectivity index (χ3v) is 4.63. The van der Waals surface area contributed by atoms with Crippen molar-refractivity contribution in [1.29, 1.82) is 0 Å². The number of aromatic amines is 1. The van der Waals surface area contributed by atoms with E-state index in [0.717, 1.165) is 0 Å². The summed E-state index contributed by atoms with van der Waals surface area (Å²) in [6.07, 6.45) is 2.02. The number of carbonyl (C=O) groups is 2. The molecule has 0 amide bonds. The first-order valence-electron chi connectivity index (χ1n) is 6.75. The summed E-state index contributed by atoms with van der Waals surface area (Å²) in [5, 5.41) is 2.60. The molecule has 0 spiro atoms. The minimum atomic E-state index is -0.397. The number of fused-ring (bicyclic) bond motifs is 1. The number of hydrogen-bond acceptors (Lipinski definition) is 4. The molecule has 5 nitrogen and oxygen atoms in total. The Balaban J connectivity index is 2.10. The number of aryl methyl sites for hydroxylation is 1. The van der Waals surface area contributed by atoms with Gasteiger partial charge in [0, 0.05) is 40.9 Å². The lowest BCUT2D eigenvalue weighted by Crippen LogP contribution is -2.17. The second-order valence-electron chi connectivity index (χ2n) is 4.80. The maximum atomic E-state index is 12.6. The number of rotatable bonds is 3. The van der Waals surface area contributed by atoms with E-state index in [1.165, 1.54) is 18.0 Å². The molecule has 3 rings (SSSR count). The van der Waals surface area contributed by atoms with Gasteiger partial charge >= 0.3 is 0 Å². The van der Waals surface area contributed by atoms with Crippen LogP contribution in [-0.2, 0) is 6.54 Å². The Kier molecular flexibility index (Phi) is 3.55. The first kappa shape index (κ1) is 13.9. The Morgan fingerprint density at radius 1 is 1.33 bits per heavy atom. The van der Waals surface area contributed by atoms with Gasteiger partial charge in [0.1, 0.15) is 5.56 Å². The van der Waals surface area contributed by atoms with Crippen LogP contribution in [0.4, 0.5) is 0 Å². The average Bonchev–Trinajstić information content (AvgIpc) is 2.88. The van der Waals surface area contributed by atoms with Crippen molar-refractivity contribution < 1.29 is 9.59 Å². The van der Waals surface area contributed by atoms with Gasteiger partial charge in [-0.15, -0.1) is 11.8 Å². The largest absolute Gasteiger partial charge is 0.294 e. The van der Waals surface area contributed by atoms with Crippen molar-refractivity contribution in [3.8, 4) is 0 Å². The molecule has 1 aliphatic rings. The SMILES string of the molecule is CCn1cc(C(=O)c2cccc3c2SCCC3=O)c(=O)[nH]1. The monoisotopic (exact) mass is 302 g/mol. The summed E-state index contributed by atoms with van der Waals surface area (Å²) in [6, 6.07) is 5.11. The molecule has 0 unspecified atom stereocenters. The number of nitrogens with zero attached hydrogens (tertiary/aromatic N) is 1. The minimum absolute atomic E-state index is 0.0541. The zero-order valence-electron chi connectivity index (χ0n) is 11.5. The standard InChI is InChI=1S/C15H14N2O3S/c1-2-17-8-11(15(20)16-17)13(19)10-5-3-4-9-12(18)6-7-21-14(9)10/h3-5,8H,2,6-7H2,1H3,(H,16,20). The van der Waals surface area contributed by atoms with Crippen molar-refractivity contribution in [3.63, 3.8) is 0 Å². The van der Waals surface area contributed by atoms with E-state index in [-0.39, 0.29) is 17.1 Å². The first-order chi connectivity index (χ1) is 10.1. The molecule has 0 saturated carbocycles. The summed E-state index contributed by atoms with van der Waals surface area (Å²) < 4.78 is 1.57. The molecule has 0 fully saturated rings. The molecule has 0 atom stereocenters. The second-order valence-corrected chi connectivity index (χ2v) is 5.91. The smallest absolute Gasteiger partial charge is 0.275 e. The van der Waals surface area contributed by atoms with Crippen molar-refractivity contribution in [1.82, 2.24) is 9.78 Å². The highest BCUT2D eigenvalue weighted by Crippen LogP contribution is 2.33. The van der Waals surface area contributed by atoms with Crippen molar-refractivity contribution in [2.45, 2.75) is 24.8 Å². The van der Waals surface area contributed by atoms with Crippen LogP contribution < -0.4 is 5.56 Å². The number of hydrogen-bond donors (Lipinski definition) is 1. The fourth-order valence-corrected chi connectivity index (χ4v) is 3.53. The number of benzene rings is 1. The number of thioether (sulfide) groups is 1. The van der Waals surface area contributed by atoms with Crippen molar-refractivity contribution >= 4 is 23.3 Å². The molecule has 0 saturated heterocycles. The summed E-state index contributed by atoms with van der Waals surface area (Å²) in [6.45, 7) is 2.46. The summed E-state index contributed by atoms with van der Waals surface area (Å²) in [7, 11) is 0. The lowest BCUT2D eigenvalue weighted by molar-refractivity contribution is 0.0984. The summed E-state index contributed by atoms with van der Waals surface area (Å²) in [5.41, 5.74) is 0.740. The van der Waals surface area contributed by atoms with Gasteiger partial charge in [0.25, 0.3) is 5.56 Å². The van der Waals surface area contributed by atoms with Crippen LogP contribution in [0.3, 0.4) is 0 Å². The molecule has 0 radical (unpaired) electrons. The van der Waals surface area contributed by atoms with Crippen LogP contribution in [0, 0.1) is 0 Å². The van der Waals surface area contributed by atoms with Gasteiger partial charge in [0.05, 0.1) is 0 Å². The molecule has 21 heavy (non-hydrogen) atoms. The van der Waals surface area contributed by atoms with Crippen LogP contribution in [0.25, 0.3) is 0 Å². The molecule has 6 heteroatoms. The molecule has 0 bridgehead atoms. The number of Topliss-reactive ketones (excluding diaryl/α,β-unsaturated/α-hetero) is 1. The van der Waals surface area contributed by atoms with E-state index in [2.05, 4.69) is 5.10 Å². The third kappa shape index (κ3) is 2.35. The van der Waals surface area contributed by atoms with Crippen LogP contribution in [0.1, 0.15) is 39.6 Å². The molecule has 108 valence electrons. The first-order valence-corrected chi connectivity index (χ1v) is 7.73. The Morgan fingerprint density at radius 2 is 2.14 bits per heavy atom. The van der Waals surface area contributed by atoms with E-state index in [1.54, 1.807) is 22.9 Å². The topological polar surface area (TPSA) is 71.9 Å². The van der Waals surface area contributed by atoms with Gasteiger partial charge in [-0.05, 0) is 13.0 Å². The van der Waals surface area contributed by atoms with Gasteiger partial charge in [0.15, 0.2) is 5.78 Å². The van der Waals surface area contributed by atoms with Crippen molar-refractivity contribution in [2.24, 2.45) is 0 Å². The fraction of sp³-hybridized carbons (Fsp3) is 0.267. The lowest BCUT2D eigenvalue weighted by Gasteiger charge is -2.16. The zero-order valence-corrected chi connectivity index (χ0v) is 12.3. The van der Waals surface area contributed by atoms with Gasteiger partial charge in [-0.2, -0.15) is 0 Å². The minimum Gasteiger partial charge on any atom is -0.294 e. The number of nitrogens with one attached hydrogen (secondary N) is 1. The zero-order chi connectivity index (χ0) is 15.0. The van der Waals surface area contributed by atoms with E-state index >= 15 is 0 Å². The average molecular weight is 302 g/mol. The summed E-state index contributed by atoms with van der Waals surface area (Å²) in [4.78, 5) is 37.1. The van der Waals surface area contributed by atoms with E-state index < -0.39 is 5.56 Å². The second kappa shape index (κ2) is 5.37. The van der Waals surface area contributed by atoms with Crippen molar-refractivity contribution in [2.75, 3.05) is 5.75 Å². The molecule has 1 aliphatic heterocycles. The van der Waals surface area contributed by atoms with E-state index in [9.17, 15) is 14.4 Å². The number of ketones is 2. The Bertz CT molecular complexity index is 788. The Morgan fingerprint density at radius 3 is 2.86 bits per heavy atom. The Labute approximate surface area is 125 Å². The molecular weight excluding hydrogens is 288 g/mol. The van der Waals surface area contributed by atoms with Gasteiger partial charge in [-0.3, -0.25) is 24.2 Å². The van der Waals surface area contributed by atoms with Crippen LogP contribution in [0.5, 0.6) is 0 Å². The van der Waals surface area contributed by atoms with E-state index in [4.69, 9.17) is 0 Å². The number of aromatic nitrogens is 2. The maximum absolute atomic E-state index is 12.6. The predicted molar refractivity (Wildman–Crippen MR) is 80.3 cm³/mol. The normalized spacial score (nSPS) is 14.0. The molecule has 0 aliphatic carbocycles. The highest BCUT2D eigenvalue weighted by atomic mass is 32.2. The van der Waals surface area contributed by atoms with Gasteiger partial charge < -0.3 is 0 Å². The van der Waals surface area contributed by atoms with Gasteiger partial charge in [-0.1, -0.05) is 12.1 Å². The van der Waals surface area contributed by atoms with Gasteiger partial charge in [0.2, 0.25) is 5.78 Å². The quantitative estimate of drug-likeness (QED) is 0.881. The third-order valence-electron chi connectivity index (χ3n) is 3.50. The van der Waals surface area contributed by atoms with E-state index in [0.29, 0.717) is 34.7 Å². The summed E-state index contributed by atoms with van der Waals surface area (Å²) >= 11 is 1.50. The van der Waals surface area contributed by atoms with Gasteiger partial charge in [-0.25, -0.2) is 0 Å². The maximum Gasteiger partial charge on any atom is 0.275 e. The molecular formula is C15H14N2O3S. The van der Waals surface area contributed by atoms with Crippen LogP contribution >= 0.6 is 11.8 Å².